The van der Waals surface area contributed by atoms with E-state index in [1.807, 2.05) is 24.3 Å². The Balaban J connectivity index is 1.68. The summed E-state index contributed by atoms with van der Waals surface area (Å²) in [6, 6.07) is 21.3. The molecule has 37 heavy (non-hydrogen) atoms. The third kappa shape index (κ3) is 6.71. The number of carbonyl (C=O) groups excluding carboxylic acids is 2. The number of carbonyl (C=O) groups is 2. The van der Waals surface area contributed by atoms with E-state index in [2.05, 4.69) is 20.9 Å². The average molecular weight is 599 g/mol. The highest BCUT2D eigenvalue weighted by molar-refractivity contribution is 9.10. The van der Waals surface area contributed by atoms with Gasteiger partial charge in [-0.25, -0.2) is 9.79 Å². The summed E-state index contributed by atoms with van der Waals surface area (Å²) in [5.41, 5.74) is 1.79. The fraction of sp³-hybridized carbons (Fsp3) is 0.107. The van der Waals surface area contributed by atoms with Gasteiger partial charge in [-0.3, -0.25) is 4.79 Å². The Morgan fingerprint density at radius 1 is 1.08 bits per heavy atom. The molecule has 1 aliphatic rings. The van der Waals surface area contributed by atoms with Crippen LogP contribution in [0.15, 0.2) is 98.5 Å². The number of ether oxygens (including phenoxy) is 2. The summed E-state index contributed by atoms with van der Waals surface area (Å²) in [7, 11) is 0. The third-order valence-electron chi connectivity index (χ3n) is 5.16. The molecule has 0 saturated carbocycles. The lowest BCUT2D eigenvalue weighted by Crippen LogP contribution is -2.14. The molecule has 0 spiro atoms. The summed E-state index contributed by atoms with van der Waals surface area (Å²) in [4.78, 5) is 29.9. The summed E-state index contributed by atoms with van der Waals surface area (Å²) in [6.45, 7) is 2.07. The monoisotopic (exact) mass is 597 g/mol. The van der Waals surface area contributed by atoms with Crippen LogP contribution in [0.2, 0.25) is 5.02 Å². The Hall–Kier alpha value is -3.33. The predicted octanol–water partition coefficient (Wildman–Crippen LogP) is 7.38. The van der Waals surface area contributed by atoms with Crippen LogP contribution in [0.25, 0.3) is 6.08 Å². The molecule has 0 radical (unpaired) electrons. The molecule has 1 amide bonds. The molecule has 0 saturated heterocycles. The highest BCUT2D eigenvalue weighted by Gasteiger charge is 2.34. The maximum absolute atomic E-state index is 12.7. The second-order valence-electron chi connectivity index (χ2n) is 7.74. The third-order valence-corrected chi connectivity index (χ3v) is 6.93. The van der Waals surface area contributed by atoms with Gasteiger partial charge in [-0.15, -0.1) is 0 Å². The van der Waals surface area contributed by atoms with Crippen molar-refractivity contribution in [2.45, 2.75) is 13.5 Å². The lowest BCUT2D eigenvalue weighted by molar-refractivity contribution is -0.138. The van der Waals surface area contributed by atoms with E-state index in [9.17, 15) is 14.7 Å². The van der Waals surface area contributed by atoms with Gasteiger partial charge in [-0.05, 0) is 61.0 Å². The highest BCUT2D eigenvalue weighted by Crippen LogP contribution is 2.40. The molecule has 3 aromatic rings. The minimum absolute atomic E-state index is 0.0645. The number of amides is 1. The van der Waals surface area contributed by atoms with E-state index in [1.165, 1.54) is 0 Å². The number of rotatable bonds is 7. The van der Waals surface area contributed by atoms with Gasteiger partial charge in [0.25, 0.3) is 5.91 Å². The van der Waals surface area contributed by atoms with E-state index in [0.29, 0.717) is 33.4 Å². The van der Waals surface area contributed by atoms with Crippen LogP contribution in [-0.4, -0.2) is 28.6 Å². The number of hydrogen-bond acceptors (Lipinski definition) is 6. The highest BCUT2D eigenvalue weighted by atomic mass is 79.9. The SMILES string of the molecule is CCOC(=O)C1=C(O)/C(=C/c2cc(Br)ccc2OCc2ccc(Cl)cc2)SC1=NC(=O)c1ccccc1. The van der Waals surface area contributed by atoms with Gasteiger partial charge in [0.1, 0.15) is 28.7 Å². The normalized spacial score (nSPS) is 15.3. The van der Waals surface area contributed by atoms with Crippen LogP contribution in [0.1, 0.15) is 28.4 Å². The van der Waals surface area contributed by atoms with Crippen LogP contribution in [-0.2, 0) is 16.1 Å². The lowest BCUT2D eigenvalue weighted by Gasteiger charge is -2.11. The van der Waals surface area contributed by atoms with Crippen molar-refractivity contribution >= 4 is 62.3 Å². The number of halogens is 2. The van der Waals surface area contributed by atoms with E-state index < -0.39 is 11.9 Å². The number of aliphatic imine (C=N–C) groups is 1. The Kier molecular flexibility index (Phi) is 8.87. The molecule has 0 atom stereocenters. The number of esters is 1. The Morgan fingerprint density at radius 3 is 2.51 bits per heavy atom. The number of thioether (sulfide) groups is 1. The van der Waals surface area contributed by atoms with Gasteiger partial charge in [0, 0.05) is 20.6 Å². The molecule has 3 aromatic carbocycles. The predicted molar refractivity (Wildman–Crippen MR) is 150 cm³/mol. The van der Waals surface area contributed by atoms with Crippen LogP contribution in [0.4, 0.5) is 0 Å². The molecule has 4 rings (SSSR count). The van der Waals surface area contributed by atoms with E-state index in [4.69, 9.17) is 21.1 Å². The molecular weight excluding hydrogens is 578 g/mol. The van der Waals surface area contributed by atoms with Gasteiger partial charge >= 0.3 is 5.97 Å². The topological polar surface area (TPSA) is 85.2 Å². The van der Waals surface area contributed by atoms with Crippen LogP contribution < -0.4 is 4.74 Å². The minimum atomic E-state index is -0.760. The molecule has 0 unspecified atom stereocenters. The molecule has 0 aliphatic carbocycles. The number of hydrogen-bond donors (Lipinski definition) is 1. The van der Waals surface area contributed by atoms with Crippen LogP contribution in [0.3, 0.4) is 0 Å². The van der Waals surface area contributed by atoms with E-state index in [-0.39, 0.29) is 23.0 Å². The first-order valence-corrected chi connectivity index (χ1v) is 13.2. The van der Waals surface area contributed by atoms with Crippen molar-refractivity contribution < 1.29 is 24.2 Å². The molecule has 9 heteroatoms. The zero-order chi connectivity index (χ0) is 26.4. The second kappa shape index (κ2) is 12.3. The molecule has 1 N–H and O–H groups in total. The van der Waals surface area contributed by atoms with E-state index in [1.54, 1.807) is 61.5 Å². The molecule has 0 fully saturated rings. The Morgan fingerprint density at radius 2 is 1.81 bits per heavy atom. The summed E-state index contributed by atoms with van der Waals surface area (Å²) in [6.07, 6.45) is 1.68. The lowest BCUT2D eigenvalue weighted by atomic mass is 10.1. The second-order valence-corrected chi connectivity index (χ2v) is 10.1. The number of nitrogens with zero attached hydrogens (tertiary/aromatic N) is 1. The van der Waals surface area contributed by atoms with Crippen molar-refractivity contribution in [3.8, 4) is 5.75 Å². The molecular formula is C28H21BrClNO5S. The first-order chi connectivity index (χ1) is 17.9. The van der Waals surface area contributed by atoms with Gasteiger partial charge in [0.05, 0.1) is 11.5 Å². The molecule has 0 aromatic heterocycles. The molecule has 1 aliphatic heterocycles. The summed E-state index contributed by atoms with van der Waals surface area (Å²) < 4.78 is 11.9. The maximum atomic E-state index is 12.7. The fourth-order valence-electron chi connectivity index (χ4n) is 3.38. The van der Waals surface area contributed by atoms with Crippen molar-refractivity contribution in [2.75, 3.05) is 6.61 Å². The van der Waals surface area contributed by atoms with Gasteiger partial charge in [-0.1, -0.05) is 69.6 Å². The minimum Gasteiger partial charge on any atom is -0.506 e. The first kappa shape index (κ1) is 26.7. The van der Waals surface area contributed by atoms with Crippen molar-refractivity contribution in [2.24, 2.45) is 4.99 Å². The largest absolute Gasteiger partial charge is 0.506 e. The average Bonchev–Trinajstić information content (AvgIpc) is 3.19. The zero-order valence-electron chi connectivity index (χ0n) is 19.6. The molecule has 1 heterocycles. The van der Waals surface area contributed by atoms with Crippen LogP contribution in [0, 0.1) is 0 Å². The molecule has 6 nitrogen and oxygen atoms in total. The van der Waals surface area contributed by atoms with E-state index in [0.717, 1.165) is 21.8 Å². The van der Waals surface area contributed by atoms with Crippen molar-refractivity contribution in [3.05, 3.63) is 115 Å². The van der Waals surface area contributed by atoms with Crippen molar-refractivity contribution in [1.29, 1.82) is 0 Å². The van der Waals surface area contributed by atoms with Gasteiger partial charge in [-0.2, -0.15) is 0 Å². The molecule has 0 bridgehead atoms. The summed E-state index contributed by atoms with van der Waals surface area (Å²) >= 11 is 10.4. The standard InChI is InChI=1S/C28H21BrClNO5S/c1-2-35-28(34)24-25(32)23(37-27(24)31-26(33)18-6-4-3-5-7-18)15-19-14-20(29)10-13-22(19)36-16-17-8-11-21(30)12-9-17/h3-15,32H,2,16H2,1H3/b23-15-,31-27?. The quantitative estimate of drug-likeness (QED) is 0.286. The zero-order valence-corrected chi connectivity index (χ0v) is 22.8. The summed E-state index contributed by atoms with van der Waals surface area (Å²) in [5, 5.41) is 11.7. The number of aliphatic hydroxyl groups excluding tert-OH is 1. The Bertz CT molecular complexity index is 1420. The van der Waals surface area contributed by atoms with Crippen LogP contribution in [0.5, 0.6) is 5.75 Å². The van der Waals surface area contributed by atoms with Crippen molar-refractivity contribution in [3.63, 3.8) is 0 Å². The number of benzene rings is 3. The van der Waals surface area contributed by atoms with Gasteiger partial charge < -0.3 is 14.6 Å². The smallest absolute Gasteiger partial charge is 0.344 e. The fourth-order valence-corrected chi connectivity index (χ4v) is 4.88. The molecule has 188 valence electrons. The summed E-state index contributed by atoms with van der Waals surface area (Å²) in [5.74, 6) is -1.05. The van der Waals surface area contributed by atoms with E-state index >= 15 is 0 Å². The maximum Gasteiger partial charge on any atom is 0.344 e. The van der Waals surface area contributed by atoms with Gasteiger partial charge in [0.2, 0.25) is 0 Å². The Labute approximate surface area is 231 Å². The van der Waals surface area contributed by atoms with Gasteiger partial charge in [0.15, 0.2) is 0 Å². The van der Waals surface area contributed by atoms with Crippen molar-refractivity contribution in [1.82, 2.24) is 0 Å². The first-order valence-electron chi connectivity index (χ1n) is 11.2. The number of aliphatic hydroxyl groups is 1. The van der Waals surface area contributed by atoms with Crippen LogP contribution >= 0.6 is 39.3 Å².